The van der Waals surface area contributed by atoms with Crippen LogP contribution in [0.5, 0.6) is 0 Å². The fraction of sp³-hybridized carbons (Fsp3) is 0.269. The van der Waals surface area contributed by atoms with E-state index in [4.69, 9.17) is 11.6 Å². The molecule has 4 aromatic rings. The highest BCUT2D eigenvalue weighted by atomic mass is 35.5. The van der Waals surface area contributed by atoms with Gasteiger partial charge in [0.2, 0.25) is 0 Å². The van der Waals surface area contributed by atoms with Crippen molar-refractivity contribution in [3.8, 4) is 0 Å². The topological polar surface area (TPSA) is 60.7 Å². The number of nitrogens with zero attached hydrogens (tertiary/aromatic N) is 3. The second kappa shape index (κ2) is 9.43. The Morgan fingerprint density at radius 3 is 2.03 bits per heavy atom. The number of nitrogens with one attached hydrogen (secondary N) is 1. The zero-order chi connectivity index (χ0) is 22.8. The monoisotopic (exact) mass is 462 g/mol. The van der Waals surface area contributed by atoms with Crippen LogP contribution in [0.4, 0.5) is 10.5 Å². The number of para-hydroxylation sites is 2. The molecule has 1 atom stereocenters. The van der Waals surface area contributed by atoms with Crippen LogP contribution in [0.25, 0.3) is 21.8 Å². The van der Waals surface area contributed by atoms with E-state index in [1.807, 2.05) is 17.0 Å². The first-order valence-corrected chi connectivity index (χ1v) is 11.6. The Kier molecular flexibility index (Phi) is 6.22. The summed E-state index contributed by atoms with van der Waals surface area (Å²) in [5.41, 5.74) is 3.01. The van der Waals surface area contributed by atoms with Crippen LogP contribution in [0.3, 0.4) is 0 Å². The number of carbonyl (C=O) groups excluding carboxylic acids is 1. The Morgan fingerprint density at radius 2 is 1.42 bits per heavy atom. The van der Waals surface area contributed by atoms with Gasteiger partial charge in [-0.15, -0.1) is 0 Å². The summed E-state index contributed by atoms with van der Waals surface area (Å²) >= 11 is 5.91. The fourth-order valence-electron chi connectivity index (χ4n) is 4.64. The van der Waals surface area contributed by atoms with Gasteiger partial charge in [0.05, 0.1) is 12.6 Å². The van der Waals surface area contributed by atoms with E-state index in [-0.39, 0.29) is 6.03 Å². The molecule has 0 aliphatic carbocycles. The number of fused-ring (bicyclic) bond motifs is 3. The molecule has 2 N–H and O–H groups in total. The summed E-state index contributed by atoms with van der Waals surface area (Å²) in [5, 5.41) is 16.9. The van der Waals surface area contributed by atoms with E-state index in [1.54, 1.807) is 24.3 Å². The molecule has 3 aromatic carbocycles. The normalized spacial score (nSPS) is 15.8. The van der Waals surface area contributed by atoms with Crippen molar-refractivity contribution in [1.82, 2.24) is 14.4 Å². The molecule has 170 valence electrons. The van der Waals surface area contributed by atoms with Crippen LogP contribution in [-0.4, -0.2) is 64.3 Å². The summed E-state index contributed by atoms with van der Waals surface area (Å²) in [5.74, 6) is 0. The third kappa shape index (κ3) is 4.69. The fourth-order valence-corrected chi connectivity index (χ4v) is 4.76. The number of hydrogen-bond donors (Lipinski definition) is 2. The van der Waals surface area contributed by atoms with Crippen LogP contribution in [0.1, 0.15) is 0 Å². The molecule has 2 heterocycles. The van der Waals surface area contributed by atoms with Crippen molar-refractivity contribution in [1.29, 1.82) is 0 Å². The quantitative estimate of drug-likeness (QED) is 0.453. The van der Waals surface area contributed by atoms with E-state index in [0.717, 1.165) is 29.8 Å². The van der Waals surface area contributed by atoms with Gasteiger partial charge in [0.1, 0.15) is 0 Å². The molecule has 5 rings (SSSR count). The van der Waals surface area contributed by atoms with E-state index in [1.165, 1.54) is 10.8 Å². The molecule has 1 aliphatic heterocycles. The molecule has 0 radical (unpaired) electrons. The lowest BCUT2D eigenvalue weighted by molar-refractivity contribution is 0.0749. The van der Waals surface area contributed by atoms with Gasteiger partial charge < -0.3 is 19.9 Å². The molecule has 0 bridgehead atoms. The summed E-state index contributed by atoms with van der Waals surface area (Å²) in [7, 11) is 0. The molecule has 1 aliphatic rings. The van der Waals surface area contributed by atoms with E-state index >= 15 is 0 Å². The van der Waals surface area contributed by atoms with Gasteiger partial charge in [-0.3, -0.25) is 4.90 Å². The number of rotatable bonds is 5. The van der Waals surface area contributed by atoms with Crippen molar-refractivity contribution in [3.63, 3.8) is 0 Å². The SMILES string of the molecule is O=C(Nc1ccc(Cl)cc1)N1CCN(CC(O)Cn2c3ccccc3c3ccccc32)CC1. The molecule has 1 saturated heterocycles. The first-order chi connectivity index (χ1) is 16.1. The number of aromatic nitrogens is 1. The standard InChI is InChI=1S/C26H27ClN4O2/c27-19-9-11-20(12-10-19)28-26(33)30-15-13-29(14-16-30)17-21(32)18-31-24-7-3-1-5-22(24)23-6-2-4-8-25(23)31/h1-12,21,32H,13-18H2,(H,28,33). The van der Waals surface area contributed by atoms with Crippen LogP contribution >= 0.6 is 11.6 Å². The number of benzene rings is 3. The Hall–Kier alpha value is -3.06. The van der Waals surface area contributed by atoms with Gasteiger partial charge in [0, 0.05) is 65.2 Å². The maximum Gasteiger partial charge on any atom is 0.321 e. The van der Waals surface area contributed by atoms with Gasteiger partial charge in [-0.2, -0.15) is 0 Å². The van der Waals surface area contributed by atoms with Crippen LogP contribution in [0.15, 0.2) is 72.8 Å². The molecule has 1 fully saturated rings. The lowest BCUT2D eigenvalue weighted by atomic mass is 10.2. The van der Waals surface area contributed by atoms with E-state index in [2.05, 4.69) is 51.2 Å². The molecular formula is C26H27ClN4O2. The molecule has 0 spiro atoms. The zero-order valence-corrected chi connectivity index (χ0v) is 19.1. The minimum atomic E-state index is -0.501. The maximum atomic E-state index is 12.6. The zero-order valence-electron chi connectivity index (χ0n) is 18.3. The first-order valence-electron chi connectivity index (χ1n) is 11.3. The lowest BCUT2D eigenvalue weighted by Crippen LogP contribution is -2.51. The number of carbonyl (C=O) groups is 1. The maximum absolute atomic E-state index is 12.6. The molecule has 7 heteroatoms. The number of hydrogen-bond acceptors (Lipinski definition) is 3. The summed E-state index contributed by atoms with van der Waals surface area (Å²) in [4.78, 5) is 16.6. The van der Waals surface area contributed by atoms with Crippen LogP contribution in [0, 0.1) is 0 Å². The molecule has 2 amide bonds. The van der Waals surface area contributed by atoms with Crippen molar-refractivity contribution < 1.29 is 9.90 Å². The van der Waals surface area contributed by atoms with Gasteiger partial charge in [-0.05, 0) is 36.4 Å². The Morgan fingerprint density at radius 1 is 0.848 bits per heavy atom. The average Bonchev–Trinajstić information content (AvgIpc) is 3.15. The molecule has 1 aromatic heterocycles. The smallest absolute Gasteiger partial charge is 0.321 e. The van der Waals surface area contributed by atoms with Crippen molar-refractivity contribution in [2.45, 2.75) is 12.6 Å². The second-order valence-electron chi connectivity index (χ2n) is 8.52. The third-order valence-corrected chi connectivity index (χ3v) is 6.55. The Labute approximate surface area is 198 Å². The number of halogens is 1. The van der Waals surface area contributed by atoms with Crippen molar-refractivity contribution in [2.75, 3.05) is 38.0 Å². The molecule has 1 unspecified atom stereocenters. The number of β-amino-alcohol motifs (C(OH)–C–C–N with tert-alkyl or cyclic N) is 1. The van der Waals surface area contributed by atoms with Gasteiger partial charge in [-0.25, -0.2) is 4.79 Å². The highest BCUT2D eigenvalue weighted by Gasteiger charge is 2.23. The lowest BCUT2D eigenvalue weighted by Gasteiger charge is -2.35. The first kappa shape index (κ1) is 21.8. The van der Waals surface area contributed by atoms with Gasteiger partial charge in [-0.1, -0.05) is 48.0 Å². The summed E-state index contributed by atoms with van der Waals surface area (Å²) < 4.78 is 2.21. The van der Waals surface area contributed by atoms with Gasteiger partial charge in [0.25, 0.3) is 0 Å². The third-order valence-electron chi connectivity index (χ3n) is 6.30. The van der Waals surface area contributed by atoms with Crippen molar-refractivity contribution in [2.24, 2.45) is 0 Å². The number of amides is 2. The highest BCUT2D eigenvalue weighted by molar-refractivity contribution is 6.30. The van der Waals surface area contributed by atoms with E-state index < -0.39 is 6.10 Å². The van der Waals surface area contributed by atoms with Gasteiger partial charge in [0.15, 0.2) is 0 Å². The molecule has 0 saturated carbocycles. The minimum absolute atomic E-state index is 0.109. The number of aliphatic hydroxyl groups excluding tert-OH is 1. The second-order valence-corrected chi connectivity index (χ2v) is 8.96. The average molecular weight is 463 g/mol. The minimum Gasteiger partial charge on any atom is -0.390 e. The Balaban J connectivity index is 1.19. The number of urea groups is 1. The van der Waals surface area contributed by atoms with Crippen LogP contribution < -0.4 is 5.32 Å². The van der Waals surface area contributed by atoms with Crippen molar-refractivity contribution >= 4 is 45.1 Å². The molecular weight excluding hydrogens is 436 g/mol. The van der Waals surface area contributed by atoms with Crippen LogP contribution in [0.2, 0.25) is 5.02 Å². The largest absolute Gasteiger partial charge is 0.390 e. The number of anilines is 1. The van der Waals surface area contributed by atoms with Gasteiger partial charge >= 0.3 is 6.03 Å². The summed E-state index contributed by atoms with van der Waals surface area (Å²) in [6, 6.07) is 23.7. The number of piperazine rings is 1. The molecule has 6 nitrogen and oxygen atoms in total. The van der Waals surface area contributed by atoms with Crippen molar-refractivity contribution in [3.05, 3.63) is 77.8 Å². The van der Waals surface area contributed by atoms with Crippen LogP contribution in [-0.2, 0) is 6.54 Å². The Bertz CT molecular complexity index is 1210. The predicted molar refractivity (Wildman–Crippen MR) is 134 cm³/mol. The van der Waals surface area contributed by atoms with E-state index in [0.29, 0.717) is 31.2 Å². The highest BCUT2D eigenvalue weighted by Crippen LogP contribution is 2.29. The van der Waals surface area contributed by atoms with E-state index in [9.17, 15) is 9.90 Å². The molecule has 33 heavy (non-hydrogen) atoms. The summed E-state index contributed by atoms with van der Waals surface area (Å²) in [6.07, 6.45) is -0.501. The predicted octanol–water partition coefficient (Wildman–Crippen LogP) is 4.66. The number of aliphatic hydroxyl groups is 1. The summed E-state index contributed by atoms with van der Waals surface area (Å²) in [6.45, 7) is 3.83.